The number of nitrogens with zero attached hydrogens (tertiary/aromatic N) is 5. The van der Waals surface area contributed by atoms with Gasteiger partial charge in [-0.25, -0.2) is 24.1 Å². The summed E-state index contributed by atoms with van der Waals surface area (Å²) in [5, 5.41) is 7.07. The minimum absolute atomic E-state index is 0.249. The summed E-state index contributed by atoms with van der Waals surface area (Å²) in [5.74, 6) is 5.64. The standard InChI is InChI=1S/C17H18F2N8/c1-9-13(21-8-16(18)19)6-14-12(23-9)3-2-11(24-14)10-4-5-27-15(10)7-22-17(25-20)26-27/h2-5,7,13,16,21H,6,8,20H2,1H3,(H,25,26)/t13-/m0/s1. The molecule has 0 saturated carbocycles. The van der Waals surface area contributed by atoms with Gasteiger partial charge < -0.3 is 5.32 Å². The zero-order valence-corrected chi connectivity index (χ0v) is 14.5. The summed E-state index contributed by atoms with van der Waals surface area (Å²) in [6.07, 6.45) is 1.56. The number of nitrogens with two attached hydrogens (primary N) is 1. The molecule has 0 saturated heterocycles. The van der Waals surface area contributed by atoms with E-state index in [4.69, 9.17) is 10.8 Å². The lowest BCUT2D eigenvalue weighted by Crippen LogP contribution is -2.41. The van der Waals surface area contributed by atoms with Crippen molar-refractivity contribution in [1.82, 2.24) is 24.9 Å². The largest absolute Gasteiger partial charge is 0.303 e. The van der Waals surface area contributed by atoms with E-state index in [-0.39, 0.29) is 12.6 Å². The molecule has 4 N–H and O–H groups in total. The number of aliphatic imine (C=N–C) groups is 1. The number of nitrogens with one attached hydrogen (secondary N) is 2. The number of rotatable bonds is 5. The van der Waals surface area contributed by atoms with Gasteiger partial charge in [-0.1, -0.05) is 0 Å². The zero-order chi connectivity index (χ0) is 19.0. The first kappa shape index (κ1) is 17.4. The van der Waals surface area contributed by atoms with Crippen molar-refractivity contribution >= 4 is 22.9 Å². The summed E-state index contributed by atoms with van der Waals surface area (Å²) < 4.78 is 26.7. The average molecular weight is 372 g/mol. The van der Waals surface area contributed by atoms with Crippen LogP contribution in [-0.4, -0.2) is 44.3 Å². The number of halogens is 2. The minimum atomic E-state index is -2.40. The van der Waals surface area contributed by atoms with Crippen LogP contribution in [0.5, 0.6) is 0 Å². The van der Waals surface area contributed by atoms with Crippen LogP contribution in [-0.2, 0) is 6.42 Å². The summed E-state index contributed by atoms with van der Waals surface area (Å²) in [4.78, 5) is 13.4. The molecule has 27 heavy (non-hydrogen) atoms. The van der Waals surface area contributed by atoms with Crippen LogP contribution in [0.15, 0.2) is 35.6 Å². The third-order valence-corrected chi connectivity index (χ3v) is 4.49. The Kier molecular flexibility index (Phi) is 4.50. The predicted molar refractivity (Wildman–Crippen MR) is 98.3 cm³/mol. The van der Waals surface area contributed by atoms with Gasteiger partial charge in [-0.3, -0.25) is 15.4 Å². The molecule has 4 rings (SSSR count). The van der Waals surface area contributed by atoms with Crippen LogP contribution in [0.25, 0.3) is 16.8 Å². The van der Waals surface area contributed by atoms with Gasteiger partial charge in [0, 0.05) is 23.9 Å². The molecular weight excluding hydrogens is 354 g/mol. The van der Waals surface area contributed by atoms with Crippen LogP contribution in [0.3, 0.4) is 0 Å². The lowest BCUT2D eigenvalue weighted by molar-refractivity contribution is 0.144. The SMILES string of the molecule is CC1=Nc2ccc(-c3ccn4nc(NN)ncc34)nc2C[C@@H]1NCC(F)F. The average Bonchev–Trinajstić information content (AvgIpc) is 3.09. The van der Waals surface area contributed by atoms with Gasteiger partial charge in [-0.05, 0) is 25.1 Å². The highest BCUT2D eigenvalue weighted by Crippen LogP contribution is 2.30. The van der Waals surface area contributed by atoms with E-state index in [0.717, 1.165) is 33.9 Å². The van der Waals surface area contributed by atoms with E-state index >= 15 is 0 Å². The number of fused-ring (bicyclic) bond motifs is 2. The second-order valence-corrected chi connectivity index (χ2v) is 6.26. The molecule has 0 aliphatic carbocycles. The van der Waals surface area contributed by atoms with Crippen LogP contribution < -0.4 is 16.6 Å². The summed E-state index contributed by atoms with van der Waals surface area (Å²) in [6, 6.07) is 5.42. The van der Waals surface area contributed by atoms with Gasteiger partial charge in [-0.2, -0.15) is 0 Å². The maximum absolute atomic E-state index is 12.5. The molecule has 0 bridgehead atoms. The summed E-state index contributed by atoms with van der Waals surface area (Å²) in [6.45, 7) is 1.47. The van der Waals surface area contributed by atoms with Crippen molar-refractivity contribution in [2.45, 2.75) is 25.8 Å². The van der Waals surface area contributed by atoms with Gasteiger partial charge >= 0.3 is 0 Å². The fraction of sp³-hybridized carbons (Fsp3) is 0.294. The quantitative estimate of drug-likeness (QED) is 0.467. The number of pyridine rings is 1. The Morgan fingerprint density at radius 2 is 2.19 bits per heavy atom. The van der Waals surface area contributed by atoms with Gasteiger partial charge in [-0.15, -0.1) is 5.10 Å². The molecule has 4 heterocycles. The molecule has 0 aromatic carbocycles. The summed E-state index contributed by atoms with van der Waals surface area (Å²) in [5.41, 5.74) is 7.11. The number of hydrogen-bond acceptors (Lipinski definition) is 7. The van der Waals surface area contributed by atoms with E-state index in [2.05, 4.69) is 25.8 Å². The fourth-order valence-corrected chi connectivity index (χ4v) is 3.14. The highest BCUT2D eigenvalue weighted by Gasteiger charge is 2.23. The molecule has 1 aliphatic rings. The van der Waals surface area contributed by atoms with Crippen molar-refractivity contribution in [2.75, 3.05) is 12.0 Å². The second kappa shape index (κ2) is 6.97. The monoisotopic (exact) mass is 372 g/mol. The molecule has 3 aromatic rings. The highest BCUT2D eigenvalue weighted by molar-refractivity contribution is 5.92. The lowest BCUT2D eigenvalue weighted by atomic mass is 10.0. The normalized spacial score (nSPS) is 16.5. The van der Waals surface area contributed by atoms with Crippen molar-refractivity contribution < 1.29 is 8.78 Å². The lowest BCUT2D eigenvalue weighted by Gasteiger charge is -2.23. The van der Waals surface area contributed by atoms with E-state index in [9.17, 15) is 8.78 Å². The first-order valence-electron chi connectivity index (χ1n) is 8.43. The molecule has 140 valence electrons. The molecule has 1 atom stereocenters. The zero-order valence-electron chi connectivity index (χ0n) is 14.5. The molecular formula is C17H18F2N8. The smallest absolute Gasteiger partial charge is 0.255 e. The number of alkyl halides is 2. The molecule has 1 aliphatic heterocycles. The van der Waals surface area contributed by atoms with Gasteiger partial charge in [0.1, 0.15) is 0 Å². The molecule has 0 radical (unpaired) electrons. The van der Waals surface area contributed by atoms with Gasteiger partial charge in [0.2, 0.25) is 0 Å². The second-order valence-electron chi connectivity index (χ2n) is 6.26. The first-order chi connectivity index (χ1) is 13.0. The molecule has 0 fully saturated rings. The fourth-order valence-electron chi connectivity index (χ4n) is 3.14. The van der Waals surface area contributed by atoms with E-state index in [0.29, 0.717) is 12.4 Å². The van der Waals surface area contributed by atoms with Gasteiger partial charge in [0.25, 0.3) is 12.4 Å². The van der Waals surface area contributed by atoms with E-state index < -0.39 is 6.43 Å². The maximum atomic E-state index is 12.5. The van der Waals surface area contributed by atoms with E-state index in [1.165, 1.54) is 0 Å². The number of hydrogen-bond donors (Lipinski definition) is 3. The van der Waals surface area contributed by atoms with Crippen LogP contribution in [0.2, 0.25) is 0 Å². The van der Waals surface area contributed by atoms with Gasteiger partial charge in [0.05, 0.1) is 41.4 Å². The van der Waals surface area contributed by atoms with Crippen molar-refractivity contribution in [3.8, 4) is 11.3 Å². The van der Waals surface area contributed by atoms with Crippen LogP contribution in [0.1, 0.15) is 12.6 Å². The Hall–Kier alpha value is -2.98. The molecule has 8 nitrogen and oxygen atoms in total. The van der Waals surface area contributed by atoms with E-state index in [1.807, 2.05) is 25.1 Å². The Morgan fingerprint density at radius 1 is 1.33 bits per heavy atom. The van der Waals surface area contributed by atoms with Crippen molar-refractivity contribution in [2.24, 2.45) is 10.8 Å². The topological polar surface area (TPSA) is 106 Å². The number of aromatic nitrogens is 4. The summed E-state index contributed by atoms with van der Waals surface area (Å²) >= 11 is 0. The Labute approximate surface area is 153 Å². The van der Waals surface area contributed by atoms with Crippen LogP contribution in [0.4, 0.5) is 20.4 Å². The Bertz CT molecular complexity index is 1010. The molecule has 0 amide bonds. The van der Waals surface area contributed by atoms with Crippen molar-refractivity contribution in [1.29, 1.82) is 0 Å². The first-order valence-corrected chi connectivity index (χ1v) is 8.43. The molecule has 3 aromatic heterocycles. The third-order valence-electron chi connectivity index (χ3n) is 4.49. The minimum Gasteiger partial charge on any atom is -0.303 e. The molecule has 10 heteroatoms. The molecule has 0 unspecified atom stereocenters. The number of nitrogen functional groups attached to an aromatic ring is 1. The molecule has 0 spiro atoms. The number of anilines is 1. The van der Waals surface area contributed by atoms with Gasteiger partial charge in [0.15, 0.2) is 0 Å². The Balaban J connectivity index is 1.67. The highest BCUT2D eigenvalue weighted by atomic mass is 19.3. The van der Waals surface area contributed by atoms with E-state index in [1.54, 1.807) is 16.9 Å². The van der Waals surface area contributed by atoms with Crippen LogP contribution >= 0.6 is 0 Å². The van der Waals surface area contributed by atoms with Crippen molar-refractivity contribution in [3.05, 3.63) is 36.3 Å². The maximum Gasteiger partial charge on any atom is 0.255 e. The number of hydrazine groups is 1. The Morgan fingerprint density at radius 3 is 2.96 bits per heavy atom. The van der Waals surface area contributed by atoms with Crippen molar-refractivity contribution in [3.63, 3.8) is 0 Å². The predicted octanol–water partition coefficient (Wildman–Crippen LogP) is 1.95. The third kappa shape index (κ3) is 3.36. The van der Waals surface area contributed by atoms with Crippen LogP contribution in [0, 0.1) is 0 Å². The summed E-state index contributed by atoms with van der Waals surface area (Å²) in [7, 11) is 0.